The van der Waals surface area contributed by atoms with Crippen LogP contribution in [0.15, 0.2) is 42.7 Å². The fourth-order valence-corrected chi connectivity index (χ4v) is 3.32. The normalized spacial score (nSPS) is 17.5. The SMILES string of the molecule is Cn1cc(-c2nc(-c3ccc(Cl)cc3)cc(N3CCC[C@@H](O)C3)n2)cn1. The first-order chi connectivity index (χ1) is 12.6. The Hall–Kier alpha value is -2.44. The number of aliphatic hydroxyl groups is 1. The number of aromatic nitrogens is 4. The zero-order valence-electron chi connectivity index (χ0n) is 14.5. The lowest BCUT2D eigenvalue weighted by Crippen LogP contribution is -2.38. The Morgan fingerprint density at radius 2 is 1.96 bits per heavy atom. The van der Waals surface area contributed by atoms with Crippen molar-refractivity contribution in [3.8, 4) is 22.6 Å². The van der Waals surface area contributed by atoms with E-state index in [-0.39, 0.29) is 6.10 Å². The van der Waals surface area contributed by atoms with Gasteiger partial charge in [0.1, 0.15) is 5.82 Å². The van der Waals surface area contributed by atoms with Crippen molar-refractivity contribution in [2.45, 2.75) is 18.9 Å². The van der Waals surface area contributed by atoms with Gasteiger partial charge in [0.15, 0.2) is 5.82 Å². The van der Waals surface area contributed by atoms with Gasteiger partial charge >= 0.3 is 0 Å². The number of piperidine rings is 1. The van der Waals surface area contributed by atoms with Gasteiger partial charge in [0.05, 0.1) is 23.6 Å². The lowest BCUT2D eigenvalue weighted by Gasteiger charge is -2.31. The second kappa shape index (κ2) is 7.05. The minimum atomic E-state index is -0.320. The molecule has 1 aliphatic heterocycles. The predicted octanol–water partition coefficient (Wildman–Crippen LogP) is 3.16. The number of aryl methyl sites for hydroxylation is 1. The number of hydrogen-bond donors (Lipinski definition) is 1. The smallest absolute Gasteiger partial charge is 0.165 e. The molecule has 0 unspecified atom stereocenters. The van der Waals surface area contributed by atoms with Gasteiger partial charge in [-0.15, -0.1) is 0 Å². The van der Waals surface area contributed by atoms with Crippen LogP contribution >= 0.6 is 11.6 Å². The molecule has 1 N–H and O–H groups in total. The van der Waals surface area contributed by atoms with Crippen molar-refractivity contribution in [3.63, 3.8) is 0 Å². The molecule has 3 aromatic rings. The minimum Gasteiger partial charge on any atom is -0.391 e. The summed E-state index contributed by atoms with van der Waals surface area (Å²) < 4.78 is 1.73. The number of hydrogen-bond acceptors (Lipinski definition) is 5. The number of β-amino-alcohol motifs (C(OH)–C–C–N with tert-alkyl or cyclic N) is 1. The lowest BCUT2D eigenvalue weighted by molar-refractivity contribution is 0.154. The molecule has 0 amide bonds. The van der Waals surface area contributed by atoms with E-state index in [0.717, 1.165) is 42.0 Å². The monoisotopic (exact) mass is 369 g/mol. The van der Waals surface area contributed by atoms with Gasteiger partial charge in [-0.05, 0) is 25.0 Å². The molecule has 1 aliphatic rings. The van der Waals surface area contributed by atoms with Crippen LogP contribution in [-0.2, 0) is 7.05 Å². The summed E-state index contributed by atoms with van der Waals surface area (Å²) in [5.74, 6) is 1.45. The molecule has 0 saturated carbocycles. The fraction of sp³-hybridized carbons (Fsp3) is 0.316. The summed E-state index contributed by atoms with van der Waals surface area (Å²) in [6.45, 7) is 1.46. The topological polar surface area (TPSA) is 67.1 Å². The van der Waals surface area contributed by atoms with Crippen LogP contribution in [0.3, 0.4) is 0 Å². The van der Waals surface area contributed by atoms with E-state index < -0.39 is 0 Å². The summed E-state index contributed by atoms with van der Waals surface area (Å²) in [6, 6.07) is 9.58. The van der Waals surface area contributed by atoms with Crippen molar-refractivity contribution in [1.29, 1.82) is 0 Å². The molecular weight excluding hydrogens is 350 g/mol. The van der Waals surface area contributed by atoms with Crippen LogP contribution in [-0.4, -0.2) is 44.0 Å². The fourth-order valence-electron chi connectivity index (χ4n) is 3.19. The van der Waals surface area contributed by atoms with E-state index in [1.165, 1.54) is 0 Å². The number of halogens is 1. The van der Waals surface area contributed by atoms with Gasteiger partial charge in [-0.3, -0.25) is 4.68 Å². The Balaban J connectivity index is 1.80. The average Bonchev–Trinajstić information content (AvgIpc) is 3.08. The third kappa shape index (κ3) is 3.57. The maximum Gasteiger partial charge on any atom is 0.165 e. The zero-order chi connectivity index (χ0) is 18.1. The average molecular weight is 370 g/mol. The van der Waals surface area contributed by atoms with E-state index >= 15 is 0 Å². The molecule has 0 spiro atoms. The number of rotatable bonds is 3. The minimum absolute atomic E-state index is 0.320. The third-order valence-electron chi connectivity index (χ3n) is 4.54. The van der Waals surface area contributed by atoms with Gasteiger partial charge in [-0.2, -0.15) is 5.10 Å². The number of anilines is 1. The largest absolute Gasteiger partial charge is 0.391 e. The maximum absolute atomic E-state index is 10.0. The van der Waals surface area contributed by atoms with Crippen LogP contribution in [0, 0.1) is 0 Å². The summed E-state index contributed by atoms with van der Waals surface area (Å²) in [5, 5.41) is 15.0. The van der Waals surface area contributed by atoms with Crippen molar-refractivity contribution >= 4 is 17.4 Å². The number of aliphatic hydroxyl groups excluding tert-OH is 1. The van der Waals surface area contributed by atoms with Crippen molar-refractivity contribution < 1.29 is 5.11 Å². The van der Waals surface area contributed by atoms with Crippen LogP contribution in [0.1, 0.15) is 12.8 Å². The predicted molar refractivity (Wildman–Crippen MR) is 102 cm³/mol. The summed E-state index contributed by atoms with van der Waals surface area (Å²) >= 11 is 6.02. The molecule has 1 fully saturated rings. The van der Waals surface area contributed by atoms with Crippen molar-refractivity contribution in [2.24, 2.45) is 7.05 Å². The number of benzene rings is 1. The summed E-state index contributed by atoms with van der Waals surface area (Å²) in [7, 11) is 1.87. The molecule has 1 saturated heterocycles. The molecule has 134 valence electrons. The van der Waals surface area contributed by atoms with Crippen LogP contribution in [0.25, 0.3) is 22.6 Å². The molecule has 6 nitrogen and oxygen atoms in total. The molecule has 0 radical (unpaired) electrons. The van der Waals surface area contributed by atoms with Crippen molar-refractivity contribution in [3.05, 3.63) is 47.7 Å². The van der Waals surface area contributed by atoms with Crippen molar-refractivity contribution in [1.82, 2.24) is 19.7 Å². The molecule has 4 rings (SSSR count). The maximum atomic E-state index is 10.0. The molecule has 3 heterocycles. The highest BCUT2D eigenvalue weighted by Crippen LogP contribution is 2.28. The van der Waals surface area contributed by atoms with E-state index in [1.807, 2.05) is 43.6 Å². The highest BCUT2D eigenvalue weighted by molar-refractivity contribution is 6.30. The van der Waals surface area contributed by atoms with Gasteiger partial charge in [-0.1, -0.05) is 23.7 Å². The molecule has 1 aromatic carbocycles. The molecule has 7 heteroatoms. The molecule has 2 aromatic heterocycles. The lowest BCUT2D eigenvalue weighted by atomic mass is 10.1. The standard InChI is InChI=1S/C19H20ClN5O/c1-24-11-14(10-21-24)19-22-17(13-4-6-15(20)7-5-13)9-18(23-19)25-8-2-3-16(26)12-25/h4-7,9-11,16,26H,2-3,8,12H2,1H3/t16-/m1/s1. The number of nitrogens with zero attached hydrogens (tertiary/aromatic N) is 5. The molecule has 0 aliphatic carbocycles. The zero-order valence-corrected chi connectivity index (χ0v) is 15.3. The summed E-state index contributed by atoms with van der Waals surface area (Å²) in [4.78, 5) is 11.6. The highest BCUT2D eigenvalue weighted by Gasteiger charge is 2.21. The summed E-state index contributed by atoms with van der Waals surface area (Å²) in [5.41, 5.74) is 2.66. The molecule has 26 heavy (non-hydrogen) atoms. The Morgan fingerprint density at radius 1 is 1.15 bits per heavy atom. The van der Waals surface area contributed by atoms with Gasteiger partial charge in [-0.25, -0.2) is 9.97 Å². The third-order valence-corrected chi connectivity index (χ3v) is 4.79. The van der Waals surface area contributed by atoms with E-state index in [1.54, 1.807) is 10.9 Å². The highest BCUT2D eigenvalue weighted by atomic mass is 35.5. The van der Waals surface area contributed by atoms with E-state index in [0.29, 0.717) is 17.4 Å². The molecule has 0 bridgehead atoms. The van der Waals surface area contributed by atoms with Crippen LogP contribution < -0.4 is 4.90 Å². The van der Waals surface area contributed by atoms with E-state index in [9.17, 15) is 5.11 Å². The van der Waals surface area contributed by atoms with Crippen LogP contribution in [0.4, 0.5) is 5.82 Å². The molecular formula is C19H20ClN5O. The van der Waals surface area contributed by atoms with Crippen LogP contribution in [0.2, 0.25) is 5.02 Å². The first-order valence-electron chi connectivity index (χ1n) is 8.65. The Bertz CT molecular complexity index is 909. The van der Waals surface area contributed by atoms with Gasteiger partial charge in [0.2, 0.25) is 0 Å². The van der Waals surface area contributed by atoms with E-state index in [4.69, 9.17) is 21.6 Å². The van der Waals surface area contributed by atoms with Gasteiger partial charge in [0.25, 0.3) is 0 Å². The molecule has 1 atom stereocenters. The second-order valence-corrected chi connectivity index (χ2v) is 7.02. The summed E-state index contributed by atoms with van der Waals surface area (Å²) in [6.07, 6.45) is 5.12. The quantitative estimate of drug-likeness (QED) is 0.768. The Morgan fingerprint density at radius 3 is 2.65 bits per heavy atom. The second-order valence-electron chi connectivity index (χ2n) is 6.59. The first-order valence-corrected chi connectivity index (χ1v) is 9.03. The van der Waals surface area contributed by atoms with Gasteiger partial charge < -0.3 is 10.0 Å². The van der Waals surface area contributed by atoms with Gasteiger partial charge in [0, 0.05) is 43.0 Å². The van der Waals surface area contributed by atoms with Crippen LogP contribution in [0.5, 0.6) is 0 Å². The Kier molecular flexibility index (Phi) is 4.61. The van der Waals surface area contributed by atoms with E-state index in [2.05, 4.69) is 10.00 Å². The van der Waals surface area contributed by atoms with Crippen molar-refractivity contribution in [2.75, 3.05) is 18.0 Å². The Labute approximate surface area is 157 Å². The first kappa shape index (κ1) is 17.0.